The summed E-state index contributed by atoms with van der Waals surface area (Å²) in [6.45, 7) is 2.19. The summed E-state index contributed by atoms with van der Waals surface area (Å²) in [4.78, 5) is 61.5. The zero-order chi connectivity index (χ0) is 26.2. The SMILES string of the molecule is CCc1ccc(CC2SC(=O)N(CCCC(=O)Nc3ccc(C(=O)O)c(NC(=O)OC)c3)C2=O)cc1. The highest BCUT2D eigenvalue weighted by molar-refractivity contribution is 8.15. The highest BCUT2D eigenvalue weighted by atomic mass is 32.2. The van der Waals surface area contributed by atoms with E-state index in [1.54, 1.807) is 0 Å². The lowest BCUT2D eigenvalue weighted by Crippen LogP contribution is -2.33. The molecule has 36 heavy (non-hydrogen) atoms. The predicted molar refractivity (Wildman–Crippen MR) is 135 cm³/mol. The number of thioether (sulfide) groups is 1. The van der Waals surface area contributed by atoms with Gasteiger partial charge in [0.15, 0.2) is 0 Å². The van der Waals surface area contributed by atoms with Gasteiger partial charge >= 0.3 is 12.1 Å². The van der Waals surface area contributed by atoms with E-state index in [0.717, 1.165) is 30.9 Å². The molecular formula is C25H27N3O7S. The molecule has 0 bridgehead atoms. The summed E-state index contributed by atoms with van der Waals surface area (Å²) < 4.78 is 4.49. The number of carbonyl (C=O) groups excluding carboxylic acids is 4. The standard InChI is InChI=1S/C25H27N3O7S/c1-3-15-6-8-16(9-7-15)13-20-22(30)28(25(34)36-20)12-4-5-21(29)26-17-10-11-18(23(31)32)19(14-17)27-24(33)35-2/h6-11,14,20H,3-5,12-13H2,1-2H3,(H,26,29)(H,27,33)(H,31,32). The number of aromatic carboxylic acids is 1. The van der Waals surface area contributed by atoms with Gasteiger partial charge in [-0.1, -0.05) is 43.0 Å². The van der Waals surface area contributed by atoms with Gasteiger partial charge in [0, 0.05) is 18.7 Å². The highest BCUT2D eigenvalue weighted by Gasteiger charge is 2.39. The van der Waals surface area contributed by atoms with Crippen molar-refractivity contribution in [1.82, 2.24) is 4.90 Å². The quantitative estimate of drug-likeness (QED) is 0.430. The number of carboxylic acid groups (broad SMARTS) is 1. The predicted octanol–water partition coefficient (Wildman–Crippen LogP) is 4.15. The first-order chi connectivity index (χ1) is 17.2. The van der Waals surface area contributed by atoms with Gasteiger partial charge in [-0.25, -0.2) is 9.59 Å². The highest BCUT2D eigenvalue weighted by Crippen LogP contribution is 2.30. The molecule has 11 heteroatoms. The molecule has 1 saturated heterocycles. The Balaban J connectivity index is 1.52. The maximum absolute atomic E-state index is 12.7. The van der Waals surface area contributed by atoms with Crippen molar-refractivity contribution < 1.29 is 33.8 Å². The molecule has 1 fully saturated rings. The number of ether oxygens (including phenoxy) is 1. The lowest BCUT2D eigenvalue weighted by atomic mass is 10.1. The lowest BCUT2D eigenvalue weighted by molar-refractivity contribution is -0.127. The third-order valence-corrected chi connectivity index (χ3v) is 6.67. The van der Waals surface area contributed by atoms with Crippen LogP contribution in [0.5, 0.6) is 0 Å². The summed E-state index contributed by atoms with van der Waals surface area (Å²) in [6.07, 6.45) is 0.837. The summed E-state index contributed by atoms with van der Waals surface area (Å²) >= 11 is 1.00. The third-order valence-electron chi connectivity index (χ3n) is 5.60. The second-order valence-electron chi connectivity index (χ2n) is 8.07. The fourth-order valence-electron chi connectivity index (χ4n) is 3.65. The van der Waals surface area contributed by atoms with Gasteiger partial charge in [0.05, 0.1) is 23.6 Å². The van der Waals surface area contributed by atoms with Crippen molar-refractivity contribution in [2.24, 2.45) is 0 Å². The molecule has 190 valence electrons. The molecule has 0 aromatic heterocycles. The van der Waals surface area contributed by atoms with Crippen molar-refractivity contribution in [1.29, 1.82) is 0 Å². The van der Waals surface area contributed by atoms with Crippen LogP contribution in [0.25, 0.3) is 0 Å². The van der Waals surface area contributed by atoms with E-state index in [1.807, 2.05) is 24.3 Å². The van der Waals surface area contributed by atoms with E-state index < -0.39 is 17.3 Å². The molecular weight excluding hydrogens is 486 g/mol. The van der Waals surface area contributed by atoms with Gasteiger partial charge in [-0.3, -0.25) is 24.6 Å². The van der Waals surface area contributed by atoms with Gasteiger partial charge < -0.3 is 15.2 Å². The van der Waals surface area contributed by atoms with Gasteiger partial charge in [-0.05, 0) is 48.6 Å². The number of carboxylic acids is 1. The van der Waals surface area contributed by atoms with Gasteiger partial charge in [0.1, 0.15) is 0 Å². The van der Waals surface area contributed by atoms with Crippen molar-refractivity contribution in [2.75, 3.05) is 24.3 Å². The number of rotatable bonds is 10. The molecule has 10 nitrogen and oxygen atoms in total. The second kappa shape index (κ2) is 12.2. The molecule has 4 amide bonds. The monoisotopic (exact) mass is 513 g/mol. The molecule has 1 aliphatic heterocycles. The summed E-state index contributed by atoms with van der Waals surface area (Å²) in [5, 5.41) is 13.4. The van der Waals surface area contributed by atoms with Gasteiger partial charge in [-0.15, -0.1) is 0 Å². The van der Waals surface area contributed by atoms with Crippen LogP contribution in [-0.2, 0) is 27.2 Å². The van der Waals surface area contributed by atoms with Crippen LogP contribution in [0.15, 0.2) is 42.5 Å². The first-order valence-electron chi connectivity index (χ1n) is 11.3. The van der Waals surface area contributed by atoms with Gasteiger partial charge in [0.25, 0.3) is 5.24 Å². The van der Waals surface area contributed by atoms with E-state index in [0.29, 0.717) is 6.42 Å². The Morgan fingerprint density at radius 2 is 1.75 bits per heavy atom. The molecule has 1 atom stereocenters. The van der Waals surface area contributed by atoms with E-state index >= 15 is 0 Å². The molecule has 0 radical (unpaired) electrons. The minimum atomic E-state index is -1.26. The van der Waals surface area contributed by atoms with E-state index in [9.17, 15) is 29.1 Å². The van der Waals surface area contributed by atoms with Crippen molar-refractivity contribution in [3.05, 3.63) is 59.2 Å². The Labute approximate surface area is 212 Å². The molecule has 3 N–H and O–H groups in total. The number of nitrogens with one attached hydrogen (secondary N) is 2. The molecule has 1 aliphatic rings. The smallest absolute Gasteiger partial charge is 0.411 e. The van der Waals surface area contributed by atoms with Crippen LogP contribution in [0, 0.1) is 0 Å². The minimum absolute atomic E-state index is 0.0331. The topological polar surface area (TPSA) is 142 Å². The normalized spacial score (nSPS) is 15.1. The maximum atomic E-state index is 12.7. The Kier molecular flexibility index (Phi) is 9.07. The van der Waals surface area contributed by atoms with Crippen molar-refractivity contribution in [3.63, 3.8) is 0 Å². The van der Waals surface area contributed by atoms with E-state index in [2.05, 4.69) is 22.3 Å². The molecule has 0 aliphatic carbocycles. The Hall–Kier alpha value is -3.86. The molecule has 1 unspecified atom stereocenters. The van der Waals surface area contributed by atoms with Crippen LogP contribution in [0.4, 0.5) is 21.0 Å². The number of hydrogen-bond donors (Lipinski definition) is 3. The Bertz CT molecular complexity index is 1170. The summed E-state index contributed by atoms with van der Waals surface area (Å²) in [5.74, 6) is -1.90. The first kappa shape index (κ1) is 26.7. The number of methoxy groups -OCH3 is 1. The lowest BCUT2D eigenvalue weighted by Gasteiger charge is -2.14. The fraction of sp³-hybridized carbons (Fsp3) is 0.320. The van der Waals surface area contributed by atoms with Crippen molar-refractivity contribution in [2.45, 2.75) is 37.9 Å². The van der Waals surface area contributed by atoms with Crippen molar-refractivity contribution >= 4 is 52.3 Å². The van der Waals surface area contributed by atoms with Gasteiger partial charge in [0.2, 0.25) is 11.8 Å². The zero-order valence-electron chi connectivity index (χ0n) is 19.9. The average molecular weight is 514 g/mol. The number of aryl methyl sites for hydroxylation is 1. The van der Waals surface area contributed by atoms with Crippen molar-refractivity contribution in [3.8, 4) is 0 Å². The maximum Gasteiger partial charge on any atom is 0.411 e. The van der Waals surface area contributed by atoms with E-state index in [4.69, 9.17) is 0 Å². The average Bonchev–Trinajstić information content (AvgIpc) is 3.11. The number of carbonyl (C=O) groups is 5. The van der Waals surface area contributed by atoms with E-state index in [1.165, 1.54) is 28.7 Å². The van der Waals surface area contributed by atoms with Gasteiger partial charge in [-0.2, -0.15) is 0 Å². The third kappa shape index (κ3) is 6.85. The van der Waals surface area contributed by atoms with Crippen LogP contribution in [0.3, 0.4) is 0 Å². The van der Waals surface area contributed by atoms with Crippen LogP contribution in [0.2, 0.25) is 0 Å². The van der Waals surface area contributed by atoms with E-state index in [-0.39, 0.29) is 53.4 Å². The number of hydrogen-bond acceptors (Lipinski definition) is 7. The zero-order valence-corrected chi connectivity index (χ0v) is 20.7. The summed E-state index contributed by atoms with van der Waals surface area (Å²) in [7, 11) is 1.14. The summed E-state index contributed by atoms with van der Waals surface area (Å²) in [5.41, 5.74) is 2.26. The molecule has 3 rings (SSSR count). The molecule has 2 aromatic carbocycles. The Morgan fingerprint density at radius 1 is 1.06 bits per heavy atom. The largest absolute Gasteiger partial charge is 0.478 e. The van der Waals surface area contributed by atoms with Crippen LogP contribution in [0.1, 0.15) is 41.3 Å². The first-order valence-corrected chi connectivity index (χ1v) is 12.2. The number of nitrogens with zero attached hydrogens (tertiary/aromatic N) is 1. The minimum Gasteiger partial charge on any atom is -0.478 e. The van der Waals surface area contributed by atoms with Crippen LogP contribution >= 0.6 is 11.8 Å². The summed E-state index contributed by atoms with van der Waals surface area (Å²) in [6, 6.07) is 11.9. The van der Waals surface area contributed by atoms with Crippen LogP contribution in [-0.4, -0.2) is 58.0 Å². The molecule has 1 heterocycles. The number of anilines is 2. The number of amides is 4. The molecule has 2 aromatic rings. The fourth-order valence-corrected chi connectivity index (χ4v) is 4.70. The number of benzene rings is 2. The molecule has 0 saturated carbocycles. The number of imide groups is 1. The molecule has 0 spiro atoms. The Morgan fingerprint density at radius 3 is 2.39 bits per heavy atom. The second-order valence-corrected chi connectivity index (χ2v) is 9.22. The van der Waals surface area contributed by atoms with Crippen LogP contribution < -0.4 is 10.6 Å².